The van der Waals surface area contributed by atoms with Crippen molar-refractivity contribution in [2.24, 2.45) is 0 Å². The summed E-state index contributed by atoms with van der Waals surface area (Å²) < 4.78 is 1.54. The van der Waals surface area contributed by atoms with Gasteiger partial charge in [0.2, 0.25) is 0 Å². The summed E-state index contributed by atoms with van der Waals surface area (Å²) in [5.41, 5.74) is 1.87. The van der Waals surface area contributed by atoms with Gasteiger partial charge in [0, 0.05) is 37.4 Å². The molecular formula is C19H20N6O. The van der Waals surface area contributed by atoms with E-state index in [9.17, 15) is 4.79 Å². The fraction of sp³-hybridized carbons (Fsp3) is 0.263. The van der Waals surface area contributed by atoms with E-state index in [0.29, 0.717) is 11.4 Å². The van der Waals surface area contributed by atoms with Crippen LogP contribution < -0.4 is 5.32 Å². The molecule has 1 aliphatic heterocycles. The standard InChI is InChI=1S/C19H20N6O/c26-19(16-6-8-21-18(10-16)25-14-20-13-22-25)23-17-7-9-24(12-17)11-15-4-2-1-3-5-15/h1-6,8,10,13-14,17H,7,9,11-12H2,(H,23,26)/t17-/m1/s1. The summed E-state index contributed by atoms with van der Waals surface area (Å²) in [7, 11) is 0. The molecule has 0 bridgehead atoms. The van der Waals surface area contributed by atoms with Crippen molar-refractivity contribution in [2.75, 3.05) is 13.1 Å². The summed E-state index contributed by atoms with van der Waals surface area (Å²) in [5, 5.41) is 7.17. The first-order valence-corrected chi connectivity index (χ1v) is 8.66. The second-order valence-electron chi connectivity index (χ2n) is 6.42. The van der Waals surface area contributed by atoms with Crippen molar-refractivity contribution in [1.82, 2.24) is 30.0 Å². The van der Waals surface area contributed by atoms with Gasteiger partial charge in [-0.3, -0.25) is 9.69 Å². The number of carbonyl (C=O) groups excluding carboxylic acids is 1. The second-order valence-corrected chi connectivity index (χ2v) is 6.42. The zero-order valence-corrected chi connectivity index (χ0v) is 14.3. The number of aromatic nitrogens is 4. The number of benzene rings is 1. The topological polar surface area (TPSA) is 75.9 Å². The molecule has 0 spiro atoms. The zero-order chi connectivity index (χ0) is 17.8. The van der Waals surface area contributed by atoms with Crippen LogP contribution >= 0.6 is 0 Å². The van der Waals surface area contributed by atoms with Crippen molar-refractivity contribution in [3.05, 3.63) is 72.4 Å². The molecule has 3 aromatic rings. The molecule has 1 fully saturated rings. The Morgan fingerprint density at radius 2 is 2.12 bits per heavy atom. The minimum atomic E-state index is -0.0830. The molecule has 1 atom stereocenters. The molecule has 0 saturated carbocycles. The summed E-state index contributed by atoms with van der Waals surface area (Å²) in [5.74, 6) is 0.493. The lowest BCUT2D eigenvalue weighted by Crippen LogP contribution is -2.37. The molecule has 1 saturated heterocycles. The minimum absolute atomic E-state index is 0.0830. The number of carbonyl (C=O) groups is 1. The molecular weight excluding hydrogens is 328 g/mol. The third kappa shape index (κ3) is 3.78. The van der Waals surface area contributed by atoms with Gasteiger partial charge in [0.05, 0.1) is 0 Å². The number of hydrogen-bond donors (Lipinski definition) is 1. The Hall–Kier alpha value is -3.06. The van der Waals surface area contributed by atoms with Crippen LogP contribution in [0.15, 0.2) is 61.3 Å². The predicted octanol–water partition coefficient (Wildman–Crippen LogP) is 1.67. The van der Waals surface area contributed by atoms with Crippen LogP contribution in [0.1, 0.15) is 22.3 Å². The van der Waals surface area contributed by atoms with Gasteiger partial charge in [0.25, 0.3) is 5.91 Å². The number of pyridine rings is 1. The number of hydrogen-bond acceptors (Lipinski definition) is 5. The second kappa shape index (κ2) is 7.45. The zero-order valence-electron chi connectivity index (χ0n) is 14.3. The van der Waals surface area contributed by atoms with E-state index in [1.54, 1.807) is 24.7 Å². The van der Waals surface area contributed by atoms with Crippen LogP contribution in [0, 0.1) is 0 Å². The smallest absolute Gasteiger partial charge is 0.251 e. The fourth-order valence-corrected chi connectivity index (χ4v) is 3.22. The van der Waals surface area contributed by atoms with E-state index < -0.39 is 0 Å². The summed E-state index contributed by atoms with van der Waals surface area (Å²) in [4.78, 5) is 23.1. The first-order chi connectivity index (χ1) is 12.8. The first kappa shape index (κ1) is 16.4. The van der Waals surface area contributed by atoms with E-state index in [1.165, 1.54) is 16.6 Å². The molecule has 26 heavy (non-hydrogen) atoms. The largest absolute Gasteiger partial charge is 0.348 e. The van der Waals surface area contributed by atoms with Gasteiger partial charge in [-0.2, -0.15) is 5.10 Å². The predicted molar refractivity (Wildman–Crippen MR) is 96.7 cm³/mol. The molecule has 3 heterocycles. The van der Waals surface area contributed by atoms with Crippen molar-refractivity contribution in [2.45, 2.75) is 19.0 Å². The van der Waals surface area contributed by atoms with Crippen molar-refractivity contribution in [1.29, 1.82) is 0 Å². The van der Waals surface area contributed by atoms with Crippen LogP contribution in [-0.2, 0) is 6.54 Å². The molecule has 7 heteroatoms. The summed E-state index contributed by atoms with van der Waals surface area (Å²) >= 11 is 0. The highest BCUT2D eigenvalue weighted by Gasteiger charge is 2.24. The molecule has 0 unspecified atom stereocenters. The number of nitrogens with zero attached hydrogens (tertiary/aromatic N) is 5. The molecule has 0 aliphatic carbocycles. The molecule has 1 aromatic carbocycles. The molecule has 1 amide bonds. The van der Waals surface area contributed by atoms with E-state index in [0.717, 1.165) is 26.1 Å². The summed E-state index contributed by atoms with van der Waals surface area (Å²) in [6.07, 6.45) is 5.57. The Morgan fingerprint density at radius 3 is 2.92 bits per heavy atom. The van der Waals surface area contributed by atoms with Gasteiger partial charge >= 0.3 is 0 Å². The number of likely N-dealkylation sites (tertiary alicyclic amines) is 1. The van der Waals surface area contributed by atoms with Crippen molar-refractivity contribution < 1.29 is 4.79 Å². The van der Waals surface area contributed by atoms with Crippen LogP contribution in [0.3, 0.4) is 0 Å². The molecule has 1 aliphatic rings. The molecule has 7 nitrogen and oxygen atoms in total. The van der Waals surface area contributed by atoms with E-state index in [1.807, 2.05) is 6.07 Å². The third-order valence-corrected chi connectivity index (χ3v) is 4.52. The maximum absolute atomic E-state index is 12.6. The molecule has 0 radical (unpaired) electrons. The first-order valence-electron chi connectivity index (χ1n) is 8.66. The normalized spacial score (nSPS) is 17.3. The van der Waals surface area contributed by atoms with E-state index >= 15 is 0 Å². The third-order valence-electron chi connectivity index (χ3n) is 4.52. The molecule has 1 N–H and O–H groups in total. The van der Waals surface area contributed by atoms with Crippen LogP contribution in [0.25, 0.3) is 5.82 Å². The van der Waals surface area contributed by atoms with Gasteiger partial charge < -0.3 is 5.32 Å². The van der Waals surface area contributed by atoms with E-state index in [4.69, 9.17) is 0 Å². The fourth-order valence-electron chi connectivity index (χ4n) is 3.22. The average molecular weight is 348 g/mol. The molecule has 4 rings (SSSR count). The highest BCUT2D eigenvalue weighted by Crippen LogP contribution is 2.14. The Bertz CT molecular complexity index is 865. The van der Waals surface area contributed by atoms with Gasteiger partial charge in [-0.25, -0.2) is 14.6 Å². The molecule has 132 valence electrons. The lowest BCUT2D eigenvalue weighted by molar-refractivity contribution is 0.0937. The Morgan fingerprint density at radius 1 is 1.23 bits per heavy atom. The van der Waals surface area contributed by atoms with Gasteiger partial charge in [0.1, 0.15) is 12.7 Å². The van der Waals surface area contributed by atoms with E-state index in [-0.39, 0.29) is 11.9 Å². The lowest BCUT2D eigenvalue weighted by atomic mass is 10.2. The summed E-state index contributed by atoms with van der Waals surface area (Å²) in [6.45, 7) is 2.76. The highest BCUT2D eigenvalue weighted by atomic mass is 16.1. The maximum Gasteiger partial charge on any atom is 0.251 e. The van der Waals surface area contributed by atoms with Crippen molar-refractivity contribution in [3.63, 3.8) is 0 Å². The highest BCUT2D eigenvalue weighted by molar-refractivity contribution is 5.94. The Balaban J connectivity index is 1.36. The average Bonchev–Trinajstić information content (AvgIpc) is 3.35. The van der Waals surface area contributed by atoms with Gasteiger partial charge in [-0.1, -0.05) is 30.3 Å². The van der Waals surface area contributed by atoms with Crippen molar-refractivity contribution >= 4 is 5.91 Å². The Kier molecular flexibility index (Phi) is 4.70. The van der Waals surface area contributed by atoms with Gasteiger partial charge in [0.15, 0.2) is 5.82 Å². The maximum atomic E-state index is 12.6. The molecule has 2 aromatic heterocycles. The SMILES string of the molecule is O=C(N[C@@H]1CCN(Cc2ccccc2)C1)c1ccnc(-n2cncn2)c1. The van der Waals surface area contributed by atoms with Crippen LogP contribution in [0.5, 0.6) is 0 Å². The number of amides is 1. The van der Waals surface area contributed by atoms with Gasteiger partial charge in [-0.05, 0) is 24.1 Å². The Labute approximate surface area is 151 Å². The lowest BCUT2D eigenvalue weighted by Gasteiger charge is -2.17. The van der Waals surface area contributed by atoms with Crippen LogP contribution in [0.4, 0.5) is 0 Å². The van der Waals surface area contributed by atoms with Crippen LogP contribution in [0.2, 0.25) is 0 Å². The number of nitrogens with one attached hydrogen (secondary N) is 1. The monoisotopic (exact) mass is 348 g/mol. The number of rotatable bonds is 5. The summed E-state index contributed by atoms with van der Waals surface area (Å²) in [6, 6.07) is 14.0. The van der Waals surface area contributed by atoms with E-state index in [2.05, 4.69) is 49.5 Å². The minimum Gasteiger partial charge on any atom is -0.348 e. The van der Waals surface area contributed by atoms with Gasteiger partial charge in [-0.15, -0.1) is 0 Å². The quantitative estimate of drug-likeness (QED) is 0.759. The van der Waals surface area contributed by atoms with Crippen LogP contribution in [-0.4, -0.2) is 49.7 Å². The van der Waals surface area contributed by atoms with Crippen molar-refractivity contribution in [3.8, 4) is 5.82 Å².